The van der Waals surface area contributed by atoms with Gasteiger partial charge in [-0.15, -0.1) is 0 Å². The van der Waals surface area contributed by atoms with Gasteiger partial charge in [0.05, 0.1) is 12.0 Å². The van der Waals surface area contributed by atoms with Crippen LogP contribution >= 0.6 is 0 Å². The average Bonchev–Trinajstić information content (AvgIpc) is 3.10. The zero-order valence-corrected chi connectivity index (χ0v) is 14.7. The zero-order valence-electron chi connectivity index (χ0n) is 14.7. The molecular formula is C19H22F3N3O. The van der Waals surface area contributed by atoms with E-state index in [1.165, 1.54) is 6.07 Å². The Bertz CT molecular complexity index is 761. The first kappa shape index (κ1) is 18.5. The third kappa shape index (κ3) is 4.08. The van der Waals surface area contributed by atoms with Crippen LogP contribution in [0.25, 0.3) is 0 Å². The number of benzene rings is 1. The third-order valence-electron chi connectivity index (χ3n) is 4.91. The summed E-state index contributed by atoms with van der Waals surface area (Å²) in [5.41, 5.74) is -0.318. The molecule has 0 N–H and O–H groups in total. The predicted molar refractivity (Wildman–Crippen MR) is 91.6 cm³/mol. The summed E-state index contributed by atoms with van der Waals surface area (Å²) in [6.07, 6.45) is 1.01. The van der Waals surface area contributed by atoms with Gasteiger partial charge in [0.1, 0.15) is 5.82 Å². The van der Waals surface area contributed by atoms with Crippen molar-refractivity contribution in [2.75, 3.05) is 13.1 Å². The quantitative estimate of drug-likeness (QED) is 0.825. The molecule has 1 aliphatic rings. The summed E-state index contributed by atoms with van der Waals surface area (Å²) < 4.78 is 40.5. The first-order valence-electron chi connectivity index (χ1n) is 8.83. The lowest BCUT2D eigenvalue weighted by Gasteiger charge is -2.32. The molecule has 0 unspecified atom stereocenters. The Morgan fingerprint density at radius 2 is 2.00 bits per heavy atom. The molecule has 0 bridgehead atoms. The Morgan fingerprint density at radius 3 is 2.65 bits per heavy atom. The third-order valence-corrected chi connectivity index (χ3v) is 4.91. The largest absolute Gasteiger partial charge is 0.416 e. The van der Waals surface area contributed by atoms with E-state index in [-0.39, 0.29) is 12.3 Å². The second kappa shape index (κ2) is 7.51. The molecule has 1 fully saturated rings. The molecule has 1 aromatic carbocycles. The smallest absolute Gasteiger partial charge is 0.342 e. The van der Waals surface area contributed by atoms with Gasteiger partial charge in [0.2, 0.25) is 5.91 Å². The van der Waals surface area contributed by atoms with Crippen molar-refractivity contribution in [3.05, 3.63) is 53.6 Å². The number of carbonyl (C=O) groups excluding carboxylic acids is 1. The number of imidazole rings is 1. The van der Waals surface area contributed by atoms with Gasteiger partial charge in [-0.05, 0) is 31.4 Å². The van der Waals surface area contributed by atoms with E-state index in [0.29, 0.717) is 24.6 Å². The molecule has 1 saturated heterocycles. The van der Waals surface area contributed by atoms with E-state index >= 15 is 0 Å². The fourth-order valence-electron chi connectivity index (χ4n) is 3.48. The monoisotopic (exact) mass is 365 g/mol. The maximum Gasteiger partial charge on any atom is 0.416 e. The van der Waals surface area contributed by atoms with Gasteiger partial charge in [-0.3, -0.25) is 4.79 Å². The van der Waals surface area contributed by atoms with Crippen LogP contribution in [0.15, 0.2) is 36.7 Å². The summed E-state index contributed by atoms with van der Waals surface area (Å²) in [4.78, 5) is 18.6. The fourth-order valence-corrected chi connectivity index (χ4v) is 3.48. The Balaban J connectivity index is 1.59. The highest BCUT2D eigenvalue weighted by Crippen LogP contribution is 2.30. The van der Waals surface area contributed by atoms with E-state index in [2.05, 4.69) is 16.5 Å². The van der Waals surface area contributed by atoms with E-state index in [9.17, 15) is 18.0 Å². The van der Waals surface area contributed by atoms with E-state index in [1.807, 2.05) is 6.20 Å². The number of amides is 1. The second-order valence-corrected chi connectivity index (χ2v) is 6.60. The van der Waals surface area contributed by atoms with Crippen LogP contribution in [0.2, 0.25) is 0 Å². The normalized spacial score (nSPS) is 16.1. The summed E-state index contributed by atoms with van der Waals surface area (Å²) in [7, 11) is 0. The van der Waals surface area contributed by atoms with E-state index < -0.39 is 11.7 Å². The number of halogens is 3. The molecule has 2 aromatic rings. The number of piperidine rings is 1. The lowest BCUT2D eigenvalue weighted by molar-refractivity contribution is -0.138. The van der Waals surface area contributed by atoms with Crippen molar-refractivity contribution < 1.29 is 18.0 Å². The van der Waals surface area contributed by atoms with Gasteiger partial charge in [-0.2, -0.15) is 13.2 Å². The molecule has 7 heteroatoms. The molecule has 2 heterocycles. The molecule has 3 rings (SSSR count). The maximum absolute atomic E-state index is 12.8. The second-order valence-electron chi connectivity index (χ2n) is 6.60. The van der Waals surface area contributed by atoms with Crippen molar-refractivity contribution in [3.8, 4) is 0 Å². The standard InChI is InChI=1S/C19H22F3N3O/c1-2-24-11-8-23-18(24)15-6-9-25(10-7-15)17(26)13-14-4-3-5-16(12-14)19(20,21)22/h3-5,8,11-12,15H,2,6-7,9-10,13H2,1H3. The highest BCUT2D eigenvalue weighted by Gasteiger charge is 2.31. The predicted octanol–water partition coefficient (Wildman–Crippen LogP) is 3.87. The van der Waals surface area contributed by atoms with Gasteiger partial charge in [0.25, 0.3) is 0 Å². The van der Waals surface area contributed by atoms with Crippen molar-refractivity contribution in [2.45, 2.75) is 44.8 Å². The molecule has 0 radical (unpaired) electrons. The number of nitrogens with zero attached hydrogens (tertiary/aromatic N) is 3. The number of hydrogen-bond donors (Lipinski definition) is 0. The number of likely N-dealkylation sites (tertiary alicyclic amines) is 1. The van der Waals surface area contributed by atoms with Crippen LogP contribution in [0.3, 0.4) is 0 Å². The Labute approximate surface area is 150 Å². The summed E-state index contributed by atoms with van der Waals surface area (Å²) in [6, 6.07) is 5.00. The van der Waals surface area contributed by atoms with Crippen molar-refractivity contribution in [1.29, 1.82) is 0 Å². The number of alkyl halides is 3. The number of hydrogen-bond acceptors (Lipinski definition) is 2. The van der Waals surface area contributed by atoms with Crippen LogP contribution in [0.5, 0.6) is 0 Å². The molecule has 140 valence electrons. The SMILES string of the molecule is CCn1ccnc1C1CCN(C(=O)Cc2cccc(C(F)(F)F)c2)CC1. The van der Waals surface area contributed by atoms with Gasteiger partial charge >= 0.3 is 6.18 Å². The Hall–Kier alpha value is -2.31. The van der Waals surface area contributed by atoms with Crippen molar-refractivity contribution in [3.63, 3.8) is 0 Å². The summed E-state index contributed by atoms with van der Waals surface area (Å²) in [5.74, 6) is 1.25. The van der Waals surface area contributed by atoms with Gasteiger partial charge in [-0.1, -0.05) is 18.2 Å². The molecule has 26 heavy (non-hydrogen) atoms. The summed E-state index contributed by atoms with van der Waals surface area (Å²) in [6.45, 7) is 4.15. The molecule has 0 spiro atoms. The molecule has 0 atom stereocenters. The van der Waals surface area contributed by atoms with Crippen LogP contribution in [0, 0.1) is 0 Å². The minimum absolute atomic E-state index is 0.00181. The van der Waals surface area contributed by atoms with Crippen LogP contribution in [-0.4, -0.2) is 33.4 Å². The van der Waals surface area contributed by atoms with Gasteiger partial charge in [0, 0.05) is 37.9 Å². The molecule has 4 nitrogen and oxygen atoms in total. The molecule has 1 amide bonds. The van der Waals surface area contributed by atoms with E-state index in [4.69, 9.17) is 0 Å². The van der Waals surface area contributed by atoms with Crippen molar-refractivity contribution in [2.24, 2.45) is 0 Å². The van der Waals surface area contributed by atoms with Gasteiger partial charge in [-0.25, -0.2) is 4.98 Å². The Morgan fingerprint density at radius 1 is 1.27 bits per heavy atom. The molecule has 0 saturated carbocycles. The Kier molecular flexibility index (Phi) is 5.34. The number of aromatic nitrogens is 2. The molecule has 1 aliphatic heterocycles. The van der Waals surface area contributed by atoms with E-state index in [0.717, 1.165) is 37.3 Å². The van der Waals surface area contributed by atoms with Crippen molar-refractivity contribution in [1.82, 2.24) is 14.5 Å². The highest BCUT2D eigenvalue weighted by molar-refractivity contribution is 5.79. The summed E-state index contributed by atoms with van der Waals surface area (Å²) in [5, 5.41) is 0. The topological polar surface area (TPSA) is 38.1 Å². The van der Waals surface area contributed by atoms with Crippen LogP contribution in [-0.2, 0) is 23.9 Å². The summed E-state index contributed by atoms with van der Waals surface area (Å²) >= 11 is 0. The number of carbonyl (C=O) groups is 1. The van der Waals surface area contributed by atoms with E-state index in [1.54, 1.807) is 17.2 Å². The molecular weight excluding hydrogens is 343 g/mol. The highest BCUT2D eigenvalue weighted by atomic mass is 19.4. The minimum atomic E-state index is -4.39. The molecule has 0 aliphatic carbocycles. The lowest BCUT2D eigenvalue weighted by atomic mass is 9.95. The first-order chi connectivity index (χ1) is 12.4. The maximum atomic E-state index is 12.8. The number of aryl methyl sites for hydroxylation is 1. The van der Waals surface area contributed by atoms with Crippen LogP contribution in [0.1, 0.15) is 42.6 Å². The zero-order chi connectivity index (χ0) is 18.7. The average molecular weight is 365 g/mol. The van der Waals surface area contributed by atoms with Crippen molar-refractivity contribution >= 4 is 5.91 Å². The lowest BCUT2D eigenvalue weighted by Crippen LogP contribution is -2.39. The molecule has 1 aromatic heterocycles. The van der Waals surface area contributed by atoms with Crippen LogP contribution in [0.4, 0.5) is 13.2 Å². The van der Waals surface area contributed by atoms with Gasteiger partial charge in [0.15, 0.2) is 0 Å². The minimum Gasteiger partial charge on any atom is -0.342 e. The van der Waals surface area contributed by atoms with Crippen LogP contribution < -0.4 is 0 Å². The van der Waals surface area contributed by atoms with Gasteiger partial charge < -0.3 is 9.47 Å². The first-order valence-corrected chi connectivity index (χ1v) is 8.83. The fraction of sp³-hybridized carbons (Fsp3) is 0.474. The number of rotatable bonds is 4.